The number of hydrogen-bond acceptors (Lipinski definition) is 3. The molecule has 0 saturated carbocycles. The highest BCUT2D eigenvalue weighted by Crippen LogP contribution is 2.38. The van der Waals surface area contributed by atoms with Crippen LogP contribution in [0, 0.1) is 12.8 Å². The van der Waals surface area contributed by atoms with Gasteiger partial charge in [-0.05, 0) is 50.1 Å². The number of rotatable bonds is 5. The fourth-order valence-electron chi connectivity index (χ4n) is 3.79. The summed E-state index contributed by atoms with van der Waals surface area (Å²) < 4.78 is 6.62. The molecular weight excluding hydrogens is 394 g/mol. The molecule has 4 nitrogen and oxygen atoms in total. The fourth-order valence-corrected chi connectivity index (χ4v) is 4.17. The smallest absolute Gasteiger partial charge is 0.307 e. The molecule has 2 unspecified atom stereocenters. The van der Waals surface area contributed by atoms with Crippen LogP contribution in [0.5, 0.6) is 5.75 Å². The largest absolute Gasteiger partial charge is 0.496 e. The number of piperidine rings is 1. The van der Waals surface area contributed by atoms with Crippen molar-refractivity contribution in [2.24, 2.45) is 5.92 Å². The first-order chi connectivity index (χ1) is 12.5. The summed E-state index contributed by atoms with van der Waals surface area (Å²) in [6, 6.07) is 14.4. The molecule has 5 heteroatoms. The van der Waals surface area contributed by atoms with Gasteiger partial charge in [0.05, 0.1) is 19.1 Å². The van der Waals surface area contributed by atoms with E-state index in [-0.39, 0.29) is 12.0 Å². The molecule has 2 aromatic rings. The third-order valence-electron chi connectivity index (χ3n) is 5.01. The average Bonchev–Trinajstić information content (AvgIpc) is 2.62. The average molecular weight is 418 g/mol. The van der Waals surface area contributed by atoms with Crippen LogP contribution in [0.3, 0.4) is 0 Å². The van der Waals surface area contributed by atoms with Crippen molar-refractivity contribution in [3.8, 4) is 5.75 Å². The predicted octanol–water partition coefficient (Wildman–Crippen LogP) is 4.65. The van der Waals surface area contributed by atoms with E-state index < -0.39 is 5.97 Å². The molecule has 0 spiro atoms. The van der Waals surface area contributed by atoms with Crippen LogP contribution in [-0.2, 0) is 4.79 Å². The van der Waals surface area contributed by atoms with E-state index in [0.717, 1.165) is 40.7 Å². The zero-order valence-corrected chi connectivity index (χ0v) is 16.7. The van der Waals surface area contributed by atoms with Gasteiger partial charge in [-0.15, -0.1) is 0 Å². The molecule has 1 aliphatic rings. The molecule has 138 valence electrons. The number of ether oxygens (including phenoxy) is 1. The maximum atomic E-state index is 11.6. The monoisotopic (exact) mass is 417 g/mol. The first kappa shape index (κ1) is 18.9. The Labute approximate surface area is 162 Å². The zero-order chi connectivity index (χ0) is 18.7. The Kier molecular flexibility index (Phi) is 5.99. The molecule has 1 aliphatic heterocycles. The van der Waals surface area contributed by atoms with E-state index in [1.54, 1.807) is 7.11 Å². The number of aliphatic carboxylic acids is 1. The van der Waals surface area contributed by atoms with Crippen molar-refractivity contribution in [1.29, 1.82) is 0 Å². The van der Waals surface area contributed by atoms with Crippen molar-refractivity contribution in [2.75, 3.05) is 20.2 Å². The first-order valence-corrected chi connectivity index (χ1v) is 9.65. The minimum Gasteiger partial charge on any atom is -0.496 e. The number of hydrogen-bond donors (Lipinski definition) is 1. The second-order valence-electron chi connectivity index (χ2n) is 6.88. The lowest BCUT2D eigenvalue weighted by Gasteiger charge is -2.38. The molecule has 0 bridgehead atoms. The molecule has 1 fully saturated rings. The minimum absolute atomic E-state index is 0.0375. The summed E-state index contributed by atoms with van der Waals surface area (Å²) in [5.74, 6) is -0.217. The number of carboxylic acids is 1. The van der Waals surface area contributed by atoms with Crippen molar-refractivity contribution >= 4 is 21.9 Å². The maximum Gasteiger partial charge on any atom is 0.307 e. The quantitative estimate of drug-likeness (QED) is 0.768. The summed E-state index contributed by atoms with van der Waals surface area (Å²) in [6.45, 7) is 3.50. The molecule has 1 saturated heterocycles. The van der Waals surface area contributed by atoms with Gasteiger partial charge in [0, 0.05) is 16.6 Å². The number of likely N-dealkylation sites (tertiary alicyclic amines) is 1. The number of halogens is 1. The van der Waals surface area contributed by atoms with Gasteiger partial charge >= 0.3 is 5.97 Å². The highest BCUT2D eigenvalue weighted by atomic mass is 79.9. The Bertz CT molecular complexity index is 793. The molecule has 0 amide bonds. The summed E-state index contributed by atoms with van der Waals surface area (Å²) in [5.41, 5.74) is 3.40. The maximum absolute atomic E-state index is 11.6. The molecule has 2 atom stereocenters. The number of carboxylic acid groups (broad SMARTS) is 1. The number of nitrogens with zero attached hydrogens (tertiary/aromatic N) is 1. The van der Waals surface area contributed by atoms with Gasteiger partial charge < -0.3 is 9.84 Å². The van der Waals surface area contributed by atoms with Gasteiger partial charge in [-0.2, -0.15) is 0 Å². The van der Waals surface area contributed by atoms with Crippen LogP contribution < -0.4 is 4.74 Å². The standard InChI is InChI=1S/C21H24BrNO3/c1-14-5-3-6-15(11-14)20(18-12-17(22)8-9-19(18)26-2)23-10-4-7-16(13-23)21(24)25/h3,5-6,8-9,11-12,16,20H,4,7,10,13H2,1-2H3,(H,24,25). The van der Waals surface area contributed by atoms with Gasteiger partial charge in [-0.25, -0.2) is 0 Å². The molecule has 0 aliphatic carbocycles. The first-order valence-electron chi connectivity index (χ1n) is 8.86. The van der Waals surface area contributed by atoms with Gasteiger partial charge in [0.1, 0.15) is 5.75 Å². The number of methoxy groups -OCH3 is 1. The Balaban J connectivity index is 2.08. The molecule has 26 heavy (non-hydrogen) atoms. The molecule has 1 heterocycles. The summed E-state index contributed by atoms with van der Waals surface area (Å²) in [6.07, 6.45) is 1.62. The minimum atomic E-state index is -0.709. The lowest BCUT2D eigenvalue weighted by Crippen LogP contribution is -2.41. The van der Waals surface area contributed by atoms with Crippen molar-refractivity contribution in [2.45, 2.75) is 25.8 Å². The van der Waals surface area contributed by atoms with Gasteiger partial charge in [0.2, 0.25) is 0 Å². The van der Waals surface area contributed by atoms with Crippen LogP contribution in [0.2, 0.25) is 0 Å². The third-order valence-corrected chi connectivity index (χ3v) is 5.50. The SMILES string of the molecule is COc1ccc(Br)cc1C(c1cccc(C)c1)N1CCCC(C(=O)O)C1. The second-order valence-corrected chi connectivity index (χ2v) is 7.79. The molecule has 1 N–H and O–H groups in total. The lowest BCUT2D eigenvalue weighted by molar-refractivity contribution is -0.143. The normalized spacial score (nSPS) is 19.1. The van der Waals surface area contributed by atoms with Crippen LogP contribution in [0.15, 0.2) is 46.9 Å². The summed E-state index contributed by atoms with van der Waals surface area (Å²) >= 11 is 3.57. The van der Waals surface area contributed by atoms with Gasteiger partial charge in [0.15, 0.2) is 0 Å². The number of benzene rings is 2. The van der Waals surface area contributed by atoms with E-state index in [9.17, 15) is 9.90 Å². The summed E-state index contributed by atoms with van der Waals surface area (Å²) in [5, 5.41) is 9.51. The van der Waals surface area contributed by atoms with E-state index in [2.05, 4.69) is 58.1 Å². The molecular formula is C21H24BrNO3. The molecule has 0 radical (unpaired) electrons. The van der Waals surface area contributed by atoms with Crippen LogP contribution in [0.1, 0.15) is 35.6 Å². The highest BCUT2D eigenvalue weighted by molar-refractivity contribution is 9.10. The van der Waals surface area contributed by atoms with E-state index in [1.165, 1.54) is 5.56 Å². The van der Waals surface area contributed by atoms with E-state index in [0.29, 0.717) is 6.54 Å². The van der Waals surface area contributed by atoms with Crippen LogP contribution in [0.25, 0.3) is 0 Å². The van der Waals surface area contributed by atoms with Crippen LogP contribution in [-0.4, -0.2) is 36.2 Å². The molecule has 2 aromatic carbocycles. The summed E-state index contributed by atoms with van der Waals surface area (Å²) in [4.78, 5) is 13.8. The Hall–Kier alpha value is -1.85. The van der Waals surface area contributed by atoms with Crippen molar-refractivity contribution in [3.05, 3.63) is 63.6 Å². The Morgan fingerprint density at radius 3 is 2.81 bits per heavy atom. The molecule has 3 rings (SSSR count). The van der Waals surface area contributed by atoms with Gasteiger partial charge in [-0.1, -0.05) is 45.8 Å². The topological polar surface area (TPSA) is 49.8 Å². The number of aryl methyl sites for hydroxylation is 1. The van der Waals surface area contributed by atoms with Gasteiger partial charge in [0.25, 0.3) is 0 Å². The Morgan fingerprint density at radius 2 is 2.12 bits per heavy atom. The van der Waals surface area contributed by atoms with E-state index in [1.807, 2.05) is 12.1 Å². The Morgan fingerprint density at radius 1 is 1.31 bits per heavy atom. The van der Waals surface area contributed by atoms with Gasteiger partial charge in [-0.3, -0.25) is 9.69 Å². The third kappa shape index (κ3) is 4.10. The predicted molar refractivity (Wildman–Crippen MR) is 106 cm³/mol. The van der Waals surface area contributed by atoms with Crippen molar-refractivity contribution in [1.82, 2.24) is 4.90 Å². The lowest BCUT2D eigenvalue weighted by atomic mass is 9.90. The zero-order valence-electron chi connectivity index (χ0n) is 15.1. The van der Waals surface area contributed by atoms with Crippen LogP contribution >= 0.6 is 15.9 Å². The number of carbonyl (C=O) groups is 1. The second kappa shape index (κ2) is 8.23. The fraction of sp³-hybridized carbons (Fsp3) is 0.381. The highest BCUT2D eigenvalue weighted by Gasteiger charge is 2.32. The van der Waals surface area contributed by atoms with E-state index in [4.69, 9.17) is 4.74 Å². The van der Waals surface area contributed by atoms with E-state index >= 15 is 0 Å². The van der Waals surface area contributed by atoms with Crippen LogP contribution in [0.4, 0.5) is 0 Å². The molecule has 0 aromatic heterocycles. The summed E-state index contributed by atoms with van der Waals surface area (Å²) in [7, 11) is 1.68. The van der Waals surface area contributed by atoms with Crippen molar-refractivity contribution < 1.29 is 14.6 Å². The van der Waals surface area contributed by atoms with Crippen molar-refractivity contribution in [3.63, 3.8) is 0 Å².